The number of allylic oxidation sites excluding steroid dienone is 1. The first-order chi connectivity index (χ1) is 10.8. The molecule has 0 aliphatic carbocycles. The molecule has 2 N–H and O–H groups in total. The Labute approximate surface area is 132 Å². The van der Waals surface area contributed by atoms with Gasteiger partial charge < -0.3 is 0 Å². The molecule has 0 saturated carbocycles. The van der Waals surface area contributed by atoms with Gasteiger partial charge in [-0.1, -0.05) is 48.2 Å². The van der Waals surface area contributed by atoms with Gasteiger partial charge in [-0.3, -0.25) is 5.01 Å². The first-order valence-electron chi connectivity index (χ1n) is 7.04. The van der Waals surface area contributed by atoms with Crippen molar-refractivity contribution in [2.75, 3.05) is 5.01 Å². The second-order valence-electron chi connectivity index (χ2n) is 5.09. The number of thioether (sulfide) groups is 1. The van der Waals surface area contributed by atoms with E-state index in [0.717, 1.165) is 22.4 Å². The van der Waals surface area contributed by atoms with Crippen LogP contribution in [0.25, 0.3) is 10.9 Å². The Morgan fingerprint density at radius 3 is 2.77 bits per heavy atom. The molecule has 0 radical (unpaired) electrons. The van der Waals surface area contributed by atoms with Crippen LogP contribution in [-0.2, 0) is 6.42 Å². The quantitative estimate of drug-likeness (QED) is 0.580. The third-order valence-electron chi connectivity index (χ3n) is 3.65. The van der Waals surface area contributed by atoms with E-state index in [0.29, 0.717) is 5.82 Å². The summed E-state index contributed by atoms with van der Waals surface area (Å²) < 4.78 is 0. The largest absolute Gasteiger partial charge is 0.254 e. The van der Waals surface area contributed by atoms with Crippen molar-refractivity contribution in [1.29, 1.82) is 0 Å². The summed E-state index contributed by atoms with van der Waals surface area (Å²) in [5.41, 5.74) is 2.20. The van der Waals surface area contributed by atoms with Crippen LogP contribution in [0.15, 0.2) is 70.6 Å². The van der Waals surface area contributed by atoms with Crippen molar-refractivity contribution in [3.63, 3.8) is 0 Å². The summed E-state index contributed by atoms with van der Waals surface area (Å²) >= 11 is 1.66. The summed E-state index contributed by atoms with van der Waals surface area (Å²) in [5.74, 6) is 6.91. The number of hydrazine groups is 1. The van der Waals surface area contributed by atoms with Crippen molar-refractivity contribution in [2.45, 2.75) is 11.3 Å². The molecule has 3 aromatic rings. The third kappa shape index (κ3) is 2.34. The minimum Gasteiger partial charge on any atom is -0.254 e. The number of anilines is 1. The zero-order valence-corrected chi connectivity index (χ0v) is 12.6. The molecule has 108 valence electrons. The first kappa shape index (κ1) is 13.3. The monoisotopic (exact) mass is 306 g/mol. The molecule has 0 unspecified atom stereocenters. The van der Waals surface area contributed by atoms with E-state index in [4.69, 9.17) is 5.84 Å². The van der Waals surface area contributed by atoms with E-state index in [1.165, 1.54) is 10.5 Å². The molecule has 4 nitrogen and oxygen atoms in total. The number of rotatable bonds is 2. The van der Waals surface area contributed by atoms with Crippen LogP contribution in [0.3, 0.4) is 0 Å². The average molecular weight is 306 g/mol. The molecular weight excluding hydrogens is 292 g/mol. The van der Waals surface area contributed by atoms with Crippen LogP contribution in [0, 0.1) is 0 Å². The van der Waals surface area contributed by atoms with Crippen LogP contribution in [-0.4, -0.2) is 10.2 Å². The fourth-order valence-electron chi connectivity index (χ4n) is 2.48. The second-order valence-corrected chi connectivity index (χ2v) is 6.15. The van der Waals surface area contributed by atoms with Gasteiger partial charge >= 0.3 is 0 Å². The van der Waals surface area contributed by atoms with Crippen molar-refractivity contribution in [3.05, 3.63) is 71.3 Å². The van der Waals surface area contributed by atoms with E-state index < -0.39 is 0 Å². The molecule has 5 heteroatoms. The smallest absolute Gasteiger partial charge is 0.171 e. The normalized spacial score (nSPS) is 13.6. The fourth-order valence-corrected chi connectivity index (χ4v) is 3.49. The van der Waals surface area contributed by atoms with Crippen LogP contribution in [0.2, 0.25) is 0 Å². The summed E-state index contributed by atoms with van der Waals surface area (Å²) in [4.78, 5) is 1.24. The molecule has 1 aliphatic heterocycles. The predicted molar refractivity (Wildman–Crippen MR) is 90.3 cm³/mol. The number of hydrogen-bond donors (Lipinski definition) is 1. The number of nitrogens with zero attached hydrogens (tertiary/aromatic N) is 3. The Hall–Kier alpha value is -2.37. The van der Waals surface area contributed by atoms with Gasteiger partial charge in [-0.15, -0.1) is 10.2 Å². The van der Waals surface area contributed by atoms with Gasteiger partial charge in [0.15, 0.2) is 5.82 Å². The summed E-state index contributed by atoms with van der Waals surface area (Å²) in [6, 6.07) is 18.2. The van der Waals surface area contributed by atoms with Crippen LogP contribution in [0.1, 0.15) is 5.56 Å². The Balaban J connectivity index is 1.66. The molecule has 2 heterocycles. The first-order valence-corrected chi connectivity index (χ1v) is 7.86. The van der Waals surface area contributed by atoms with Gasteiger partial charge in [-0.25, -0.2) is 5.84 Å². The Morgan fingerprint density at radius 1 is 1.00 bits per heavy atom. The number of fused-ring (bicyclic) bond motifs is 2. The maximum atomic E-state index is 6.26. The minimum atomic E-state index is 0.650. The maximum absolute atomic E-state index is 6.26. The molecular formula is C17H14N4S. The van der Waals surface area contributed by atoms with E-state index in [2.05, 4.69) is 34.5 Å². The van der Waals surface area contributed by atoms with E-state index in [1.54, 1.807) is 16.8 Å². The van der Waals surface area contributed by atoms with Gasteiger partial charge in [0.05, 0.1) is 10.5 Å². The molecule has 0 bridgehead atoms. The lowest BCUT2D eigenvalue weighted by atomic mass is 10.1. The van der Waals surface area contributed by atoms with E-state index in [9.17, 15) is 0 Å². The van der Waals surface area contributed by atoms with E-state index in [-0.39, 0.29) is 0 Å². The molecule has 2 aromatic carbocycles. The molecule has 0 fully saturated rings. The number of benzene rings is 2. The molecule has 1 aromatic heterocycles. The van der Waals surface area contributed by atoms with Crippen LogP contribution < -0.4 is 10.9 Å². The highest BCUT2D eigenvalue weighted by Crippen LogP contribution is 2.36. The molecule has 1 aliphatic rings. The van der Waals surface area contributed by atoms with Gasteiger partial charge in [-0.05, 0) is 36.3 Å². The van der Waals surface area contributed by atoms with Gasteiger partial charge in [0.25, 0.3) is 0 Å². The Bertz CT molecular complexity index is 875. The van der Waals surface area contributed by atoms with Gasteiger partial charge in [-0.2, -0.15) is 0 Å². The highest BCUT2D eigenvalue weighted by molar-refractivity contribution is 8.03. The van der Waals surface area contributed by atoms with Gasteiger partial charge in [0.2, 0.25) is 0 Å². The summed E-state index contributed by atoms with van der Waals surface area (Å²) in [6.07, 6.45) is 3.01. The highest BCUT2D eigenvalue weighted by Gasteiger charge is 2.17. The third-order valence-corrected chi connectivity index (χ3v) is 4.84. The van der Waals surface area contributed by atoms with Crippen molar-refractivity contribution >= 4 is 28.5 Å². The lowest BCUT2D eigenvalue weighted by Gasteiger charge is -2.24. The zero-order valence-electron chi connectivity index (χ0n) is 11.8. The molecule has 22 heavy (non-hydrogen) atoms. The van der Waals surface area contributed by atoms with Crippen molar-refractivity contribution in [2.24, 2.45) is 5.84 Å². The molecule has 4 rings (SSSR count). The minimum absolute atomic E-state index is 0.650. The van der Waals surface area contributed by atoms with Crippen molar-refractivity contribution in [1.82, 2.24) is 10.2 Å². The lowest BCUT2D eigenvalue weighted by Crippen LogP contribution is -2.30. The number of nitrogens with two attached hydrogens (primary N) is 1. The highest BCUT2D eigenvalue weighted by atomic mass is 32.2. The van der Waals surface area contributed by atoms with Crippen molar-refractivity contribution in [3.8, 4) is 0 Å². The van der Waals surface area contributed by atoms with Crippen LogP contribution in [0.4, 0.5) is 5.82 Å². The lowest BCUT2D eigenvalue weighted by molar-refractivity contribution is 0.949. The van der Waals surface area contributed by atoms with E-state index in [1.807, 2.05) is 36.4 Å². The topological polar surface area (TPSA) is 55.0 Å². The predicted octanol–water partition coefficient (Wildman–Crippen LogP) is 3.50. The average Bonchev–Trinajstić information content (AvgIpc) is 2.60. The SMILES string of the molecule is NN(C1=CCc2ccccc2S1)c1cc2ccccc2nn1. The number of aromatic nitrogens is 2. The van der Waals surface area contributed by atoms with Crippen molar-refractivity contribution < 1.29 is 0 Å². The van der Waals surface area contributed by atoms with Gasteiger partial charge in [0.1, 0.15) is 0 Å². The van der Waals surface area contributed by atoms with Gasteiger partial charge in [0, 0.05) is 10.3 Å². The molecule has 0 spiro atoms. The zero-order chi connectivity index (χ0) is 14.9. The van der Waals surface area contributed by atoms with E-state index >= 15 is 0 Å². The summed E-state index contributed by atoms with van der Waals surface area (Å²) in [5, 5.41) is 12.1. The molecule has 0 atom stereocenters. The summed E-state index contributed by atoms with van der Waals surface area (Å²) in [7, 11) is 0. The van der Waals surface area contributed by atoms with Crippen LogP contribution in [0.5, 0.6) is 0 Å². The maximum Gasteiger partial charge on any atom is 0.171 e. The molecule has 0 amide bonds. The molecule has 0 saturated heterocycles. The fraction of sp³-hybridized carbons (Fsp3) is 0.0588. The Kier molecular flexibility index (Phi) is 3.29. The second kappa shape index (κ2) is 5.44. The van der Waals surface area contributed by atoms with Crippen LogP contribution >= 0.6 is 11.8 Å². The Morgan fingerprint density at radius 2 is 1.82 bits per heavy atom. The summed E-state index contributed by atoms with van der Waals surface area (Å²) in [6.45, 7) is 0. The number of hydrogen-bond acceptors (Lipinski definition) is 5. The standard InChI is InChI=1S/C17H14N4S/c18-21(16-11-13-6-1-3-7-14(13)19-20-16)17-10-9-12-5-2-4-8-15(12)22-17/h1-8,10-11H,9,18H2.